The summed E-state index contributed by atoms with van der Waals surface area (Å²) in [5, 5.41) is 0. The Kier molecular flexibility index (Phi) is 5.85. The molecule has 0 radical (unpaired) electrons. The van der Waals surface area contributed by atoms with Gasteiger partial charge in [0.2, 0.25) is 0 Å². The van der Waals surface area contributed by atoms with Crippen molar-refractivity contribution in [3.63, 3.8) is 0 Å². The smallest absolute Gasteiger partial charge is 0.343 e. The van der Waals surface area contributed by atoms with Crippen molar-refractivity contribution in [1.82, 2.24) is 4.90 Å². The van der Waals surface area contributed by atoms with Crippen LogP contribution in [0.25, 0.3) is 6.08 Å². The van der Waals surface area contributed by atoms with Gasteiger partial charge in [-0.05, 0) is 42.3 Å². The van der Waals surface area contributed by atoms with Crippen molar-refractivity contribution >= 4 is 46.3 Å². The predicted molar refractivity (Wildman–Crippen MR) is 108 cm³/mol. The SMILES string of the molecule is CCCN1C(=O)C(=Cc2ccc(OC(=O)c3ccccc3)cc2)SC1=S. The fourth-order valence-electron chi connectivity index (χ4n) is 2.44. The topological polar surface area (TPSA) is 46.6 Å². The Hall–Kier alpha value is -2.44. The van der Waals surface area contributed by atoms with E-state index in [0.717, 1.165) is 12.0 Å². The Bertz CT molecular complexity index is 860. The van der Waals surface area contributed by atoms with E-state index >= 15 is 0 Å². The molecule has 0 aliphatic carbocycles. The molecular weight excluding hydrogens is 366 g/mol. The minimum atomic E-state index is -0.404. The van der Waals surface area contributed by atoms with E-state index in [4.69, 9.17) is 17.0 Å². The van der Waals surface area contributed by atoms with Gasteiger partial charge in [-0.2, -0.15) is 0 Å². The van der Waals surface area contributed by atoms with Gasteiger partial charge < -0.3 is 4.74 Å². The molecule has 0 atom stereocenters. The number of carbonyl (C=O) groups excluding carboxylic acids is 2. The summed E-state index contributed by atoms with van der Waals surface area (Å²) in [7, 11) is 0. The highest BCUT2D eigenvalue weighted by molar-refractivity contribution is 8.26. The summed E-state index contributed by atoms with van der Waals surface area (Å²) in [6.07, 6.45) is 2.67. The maximum Gasteiger partial charge on any atom is 0.343 e. The highest BCUT2D eigenvalue weighted by Crippen LogP contribution is 2.32. The van der Waals surface area contributed by atoms with Crippen molar-refractivity contribution in [3.8, 4) is 5.75 Å². The zero-order chi connectivity index (χ0) is 18.5. The second kappa shape index (κ2) is 8.29. The van der Waals surface area contributed by atoms with Crippen LogP contribution >= 0.6 is 24.0 Å². The summed E-state index contributed by atoms with van der Waals surface area (Å²) in [6.45, 7) is 2.65. The molecule has 1 fully saturated rings. The zero-order valence-corrected chi connectivity index (χ0v) is 15.8. The average molecular weight is 383 g/mol. The first-order chi connectivity index (χ1) is 12.6. The molecule has 4 nitrogen and oxygen atoms in total. The second-order valence-corrected chi connectivity index (χ2v) is 7.33. The van der Waals surface area contributed by atoms with E-state index in [-0.39, 0.29) is 5.91 Å². The average Bonchev–Trinajstić information content (AvgIpc) is 2.92. The third-order valence-corrected chi connectivity index (χ3v) is 5.10. The van der Waals surface area contributed by atoms with Crippen LogP contribution in [0.5, 0.6) is 5.75 Å². The fourth-order valence-corrected chi connectivity index (χ4v) is 3.75. The molecular formula is C20H17NO3S2. The highest BCUT2D eigenvalue weighted by atomic mass is 32.2. The molecule has 1 saturated heterocycles. The maximum atomic E-state index is 12.4. The van der Waals surface area contributed by atoms with Crippen LogP contribution in [0, 0.1) is 0 Å². The molecule has 1 aliphatic rings. The van der Waals surface area contributed by atoms with Gasteiger partial charge in [-0.15, -0.1) is 0 Å². The summed E-state index contributed by atoms with van der Waals surface area (Å²) in [5.41, 5.74) is 1.35. The first kappa shape index (κ1) is 18.4. The number of rotatable bonds is 5. The van der Waals surface area contributed by atoms with E-state index in [9.17, 15) is 9.59 Å². The lowest BCUT2D eigenvalue weighted by Crippen LogP contribution is -2.28. The predicted octanol–water partition coefficient (Wildman–Crippen LogP) is 4.52. The van der Waals surface area contributed by atoms with Crippen LogP contribution in [-0.4, -0.2) is 27.6 Å². The number of ether oxygens (including phenoxy) is 1. The molecule has 0 aromatic heterocycles. The van der Waals surface area contributed by atoms with E-state index in [1.807, 2.05) is 13.0 Å². The van der Waals surface area contributed by atoms with Crippen LogP contribution in [0.4, 0.5) is 0 Å². The van der Waals surface area contributed by atoms with Crippen LogP contribution in [0.15, 0.2) is 59.5 Å². The number of thiocarbonyl (C=S) groups is 1. The van der Waals surface area contributed by atoms with Crippen LogP contribution < -0.4 is 4.74 Å². The van der Waals surface area contributed by atoms with Gasteiger partial charge in [0.15, 0.2) is 0 Å². The Balaban J connectivity index is 1.69. The minimum absolute atomic E-state index is 0.0542. The first-order valence-corrected chi connectivity index (χ1v) is 9.43. The van der Waals surface area contributed by atoms with Crippen LogP contribution in [0.1, 0.15) is 29.3 Å². The van der Waals surface area contributed by atoms with Gasteiger partial charge in [0.25, 0.3) is 5.91 Å². The van der Waals surface area contributed by atoms with Gasteiger partial charge in [0, 0.05) is 6.54 Å². The van der Waals surface area contributed by atoms with Crippen molar-refractivity contribution in [3.05, 3.63) is 70.6 Å². The molecule has 1 heterocycles. The number of amides is 1. The lowest BCUT2D eigenvalue weighted by Gasteiger charge is -2.11. The number of thioether (sulfide) groups is 1. The van der Waals surface area contributed by atoms with Gasteiger partial charge in [-0.3, -0.25) is 9.69 Å². The molecule has 0 bridgehead atoms. The Labute approximate surface area is 161 Å². The maximum absolute atomic E-state index is 12.4. The molecule has 2 aromatic carbocycles. The van der Waals surface area contributed by atoms with E-state index in [0.29, 0.717) is 27.1 Å². The minimum Gasteiger partial charge on any atom is -0.423 e. The second-order valence-electron chi connectivity index (χ2n) is 5.66. The Morgan fingerprint density at radius 2 is 1.85 bits per heavy atom. The third kappa shape index (κ3) is 4.20. The van der Waals surface area contributed by atoms with Gasteiger partial charge in [-0.25, -0.2) is 4.79 Å². The summed E-state index contributed by atoms with van der Waals surface area (Å²) < 4.78 is 5.95. The molecule has 1 aliphatic heterocycles. The number of nitrogens with zero attached hydrogens (tertiary/aromatic N) is 1. The van der Waals surface area contributed by atoms with Crippen molar-refractivity contribution in [2.45, 2.75) is 13.3 Å². The fraction of sp³-hybridized carbons (Fsp3) is 0.150. The van der Waals surface area contributed by atoms with Gasteiger partial charge in [0.05, 0.1) is 10.5 Å². The lowest BCUT2D eigenvalue weighted by atomic mass is 10.2. The third-order valence-electron chi connectivity index (χ3n) is 3.72. The molecule has 1 amide bonds. The van der Waals surface area contributed by atoms with Crippen molar-refractivity contribution in [1.29, 1.82) is 0 Å². The van der Waals surface area contributed by atoms with E-state index < -0.39 is 5.97 Å². The number of esters is 1. The molecule has 0 unspecified atom stereocenters. The summed E-state index contributed by atoms with van der Waals surface area (Å²) in [5.74, 6) is -0.00486. The van der Waals surface area contributed by atoms with Gasteiger partial charge in [-0.1, -0.05) is 61.2 Å². The van der Waals surface area contributed by atoms with Gasteiger partial charge in [0.1, 0.15) is 10.1 Å². The Morgan fingerprint density at radius 1 is 1.15 bits per heavy atom. The number of carbonyl (C=O) groups is 2. The van der Waals surface area contributed by atoms with Crippen LogP contribution in [0.3, 0.4) is 0 Å². The van der Waals surface area contributed by atoms with E-state index in [1.165, 1.54) is 11.8 Å². The molecule has 0 saturated carbocycles. The largest absolute Gasteiger partial charge is 0.423 e. The molecule has 26 heavy (non-hydrogen) atoms. The quantitative estimate of drug-likeness (QED) is 0.329. The molecule has 0 N–H and O–H groups in total. The van der Waals surface area contributed by atoms with Gasteiger partial charge >= 0.3 is 5.97 Å². The monoisotopic (exact) mass is 383 g/mol. The molecule has 2 aromatic rings. The molecule has 3 rings (SSSR count). The van der Waals surface area contributed by atoms with Crippen molar-refractivity contribution < 1.29 is 14.3 Å². The highest BCUT2D eigenvalue weighted by Gasteiger charge is 2.31. The van der Waals surface area contributed by atoms with Crippen LogP contribution in [0.2, 0.25) is 0 Å². The van der Waals surface area contributed by atoms with E-state index in [2.05, 4.69) is 0 Å². The zero-order valence-electron chi connectivity index (χ0n) is 14.2. The lowest BCUT2D eigenvalue weighted by molar-refractivity contribution is -0.122. The number of hydrogen-bond donors (Lipinski definition) is 0. The van der Waals surface area contributed by atoms with Crippen LogP contribution in [-0.2, 0) is 4.79 Å². The van der Waals surface area contributed by atoms with Crippen molar-refractivity contribution in [2.24, 2.45) is 0 Å². The summed E-state index contributed by atoms with van der Waals surface area (Å²) in [6, 6.07) is 15.8. The van der Waals surface area contributed by atoms with Crippen molar-refractivity contribution in [2.75, 3.05) is 6.54 Å². The normalized spacial score (nSPS) is 15.6. The summed E-state index contributed by atoms with van der Waals surface area (Å²) in [4.78, 5) is 26.6. The summed E-state index contributed by atoms with van der Waals surface area (Å²) >= 11 is 6.57. The standard InChI is InChI=1S/C20H17NO3S2/c1-2-12-21-18(22)17(26-20(21)25)13-14-8-10-16(11-9-14)24-19(23)15-6-4-3-5-7-15/h3-11,13H,2,12H2,1H3. The Morgan fingerprint density at radius 3 is 2.50 bits per heavy atom. The van der Waals surface area contributed by atoms with E-state index in [1.54, 1.807) is 59.5 Å². The number of hydrogen-bond acceptors (Lipinski definition) is 5. The molecule has 0 spiro atoms. The molecule has 132 valence electrons. The molecule has 6 heteroatoms. The number of benzene rings is 2. The first-order valence-electron chi connectivity index (χ1n) is 8.21.